The number of nitrogens with one attached hydrogen (secondary N) is 4. The molecule has 0 unspecified atom stereocenters. The highest BCUT2D eigenvalue weighted by atomic mass is 32.2. The maximum Gasteiger partial charge on any atom is 0.245 e. The molecule has 0 saturated heterocycles. The summed E-state index contributed by atoms with van der Waals surface area (Å²) in [5, 5.41) is 25.8. The number of carbonyl (C=O) groups is 3. The molecule has 0 saturated carbocycles. The number of sulfonamides is 1. The summed E-state index contributed by atoms with van der Waals surface area (Å²) in [5.74, 6) is -2.05. The van der Waals surface area contributed by atoms with Gasteiger partial charge < -0.3 is 18.9 Å². The van der Waals surface area contributed by atoms with Gasteiger partial charge in [0.25, 0.3) is 0 Å². The molecule has 0 aliphatic carbocycles. The molecule has 0 atom stereocenters. The molecule has 0 fully saturated rings. The van der Waals surface area contributed by atoms with Crippen LogP contribution in [-0.4, -0.2) is 100 Å². The maximum absolute atomic E-state index is 13.2. The van der Waals surface area contributed by atoms with E-state index in [1.54, 1.807) is 19.1 Å². The number of carbonyl (C=O) groups excluding carboxylic acids is 3. The predicted molar refractivity (Wildman–Crippen MR) is 131 cm³/mol. The zero-order valence-electron chi connectivity index (χ0n) is 21.5. The van der Waals surface area contributed by atoms with Crippen LogP contribution in [0.1, 0.15) is 24.8 Å². The fourth-order valence-electron chi connectivity index (χ4n) is 2.96. The van der Waals surface area contributed by atoms with Crippen LogP contribution < -0.4 is 21.2 Å². The zero-order chi connectivity index (χ0) is 29.2. The molecular weight excluding hydrogens is 544 g/mol. The Kier molecular flexibility index (Phi) is 16.3. The molecule has 0 aromatic heterocycles. The highest BCUT2D eigenvalue weighted by Gasteiger charge is 2.37. The van der Waals surface area contributed by atoms with E-state index in [0.29, 0.717) is 0 Å². The topological polar surface area (TPSA) is 231 Å². The normalized spacial score (nSPS) is 11.7. The molecule has 0 radical (unpaired) electrons. The van der Waals surface area contributed by atoms with E-state index < -0.39 is 33.3 Å². The maximum atomic E-state index is 13.2. The van der Waals surface area contributed by atoms with Crippen LogP contribution in [0.5, 0.6) is 0 Å². The Hall–Kier alpha value is -2.74. The van der Waals surface area contributed by atoms with E-state index in [1.807, 2.05) is 0 Å². The number of rotatable bonds is 21. The van der Waals surface area contributed by atoms with Gasteiger partial charge in [0.2, 0.25) is 27.7 Å². The van der Waals surface area contributed by atoms with Gasteiger partial charge in [0.15, 0.2) is 0 Å². The number of hydrogen-bond acceptors (Lipinski definition) is 12. The molecule has 39 heavy (non-hydrogen) atoms. The van der Waals surface area contributed by atoms with E-state index in [9.17, 15) is 22.8 Å². The standard InChI is InChI=1S/C22H36N4O12S/c1-17-2-4-18(5-3-17)39(33,34)26-22(14-36-10-7-20(28)24-31,15-37-11-8-21(29)25-32)16-38-13-12-35-9-6-19(27)23-30/h2-5,26,30-32H,6-16H2,1H3,(H,23,27)(H,24,28)(H,25,29). The fraction of sp³-hybridized carbons (Fsp3) is 0.591. The summed E-state index contributed by atoms with van der Waals surface area (Å²) < 4.78 is 51.0. The molecule has 3 amide bonds. The van der Waals surface area contributed by atoms with Crippen molar-refractivity contribution < 1.29 is 57.4 Å². The summed E-state index contributed by atoms with van der Waals surface area (Å²) in [6.45, 7) is 0.508. The van der Waals surface area contributed by atoms with Gasteiger partial charge >= 0.3 is 0 Å². The van der Waals surface area contributed by atoms with Gasteiger partial charge in [-0.15, -0.1) is 0 Å². The van der Waals surface area contributed by atoms with Gasteiger partial charge in [0.05, 0.1) is 77.0 Å². The summed E-state index contributed by atoms with van der Waals surface area (Å²) in [5.41, 5.74) is 3.69. The predicted octanol–water partition coefficient (Wildman–Crippen LogP) is -1.23. The summed E-state index contributed by atoms with van der Waals surface area (Å²) in [6.07, 6.45) is -0.517. The Bertz CT molecular complexity index is 967. The third kappa shape index (κ3) is 14.3. The molecule has 0 bridgehead atoms. The lowest BCUT2D eigenvalue weighted by atomic mass is 10.1. The number of ether oxygens (including phenoxy) is 4. The number of benzene rings is 1. The van der Waals surface area contributed by atoms with Gasteiger partial charge in [-0.2, -0.15) is 4.72 Å². The first-order valence-corrected chi connectivity index (χ1v) is 13.3. The SMILES string of the molecule is Cc1ccc(S(=O)(=O)NC(COCCOCCC(=O)NO)(COCCC(=O)NO)COCCC(=O)NO)cc1. The van der Waals surface area contributed by atoms with Crippen molar-refractivity contribution in [2.75, 3.05) is 52.9 Å². The van der Waals surface area contributed by atoms with E-state index in [-0.39, 0.29) is 77.0 Å². The first kappa shape index (κ1) is 34.3. The Balaban J connectivity index is 3.02. The van der Waals surface area contributed by atoms with Crippen LogP contribution >= 0.6 is 0 Å². The van der Waals surface area contributed by atoms with Gasteiger partial charge in [-0.05, 0) is 19.1 Å². The van der Waals surface area contributed by atoms with Crippen molar-refractivity contribution in [1.82, 2.24) is 21.2 Å². The highest BCUT2D eigenvalue weighted by molar-refractivity contribution is 7.89. The summed E-state index contributed by atoms with van der Waals surface area (Å²) in [7, 11) is -4.14. The zero-order valence-corrected chi connectivity index (χ0v) is 22.3. The van der Waals surface area contributed by atoms with Crippen LogP contribution in [0.3, 0.4) is 0 Å². The molecule has 7 N–H and O–H groups in total. The average molecular weight is 581 g/mol. The Morgan fingerprint density at radius 1 is 0.692 bits per heavy atom. The second-order valence-corrected chi connectivity index (χ2v) is 10.0. The molecule has 0 heterocycles. The molecule has 1 aromatic carbocycles. The van der Waals surface area contributed by atoms with Crippen molar-refractivity contribution in [3.8, 4) is 0 Å². The number of aryl methyl sites for hydroxylation is 1. The molecule has 16 nitrogen and oxygen atoms in total. The third-order valence-electron chi connectivity index (χ3n) is 4.98. The van der Waals surface area contributed by atoms with Crippen LogP contribution in [0.4, 0.5) is 0 Å². The molecule has 0 aliphatic heterocycles. The van der Waals surface area contributed by atoms with Crippen molar-refractivity contribution in [3.63, 3.8) is 0 Å². The van der Waals surface area contributed by atoms with E-state index >= 15 is 0 Å². The summed E-state index contributed by atoms with van der Waals surface area (Å²) in [6, 6.07) is 6.07. The lowest BCUT2D eigenvalue weighted by Gasteiger charge is -2.34. The van der Waals surface area contributed by atoms with Crippen LogP contribution in [-0.2, 0) is 43.4 Å². The second-order valence-electron chi connectivity index (χ2n) is 8.32. The number of hydroxylamine groups is 3. The number of amides is 3. The Morgan fingerprint density at radius 3 is 1.51 bits per heavy atom. The minimum absolute atomic E-state index is 0.00696. The third-order valence-corrected chi connectivity index (χ3v) is 6.58. The molecule has 0 spiro atoms. The molecular formula is C22H36N4O12S. The second kappa shape index (κ2) is 18.5. The molecule has 1 rings (SSSR count). The van der Waals surface area contributed by atoms with Gasteiger partial charge in [-0.3, -0.25) is 30.0 Å². The quantitative estimate of drug-likeness (QED) is 0.0514. The molecule has 0 aliphatic rings. The minimum Gasteiger partial charge on any atom is -0.379 e. The van der Waals surface area contributed by atoms with E-state index in [4.69, 9.17) is 34.6 Å². The Morgan fingerprint density at radius 2 is 1.08 bits per heavy atom. The lowest BCUT2D eigenvalue weighted by molar-refractivity contribution is -0.131. The first-order valence-electron chi connectivity index (χ1n) is 11.8. The average Bonchev–Trinajstić information content (AvgIpc) is 2.92. The van der Waals surface area contributed by atoms with Crippen LogP contribution in [0, 0.1) is 6.92 Å². The summed E-state index contributed by atoms with van der Waals surface area (Å²) in [4.78, 5) is 33.6. The van der Waals surface area contributed by atoms with Crippen molar-refractivity contribution in [2.45, 2.75) is 36.6 Å². The van der Waals surface area contributed by atoms with Crippen molar-refractivity contribution >= 4 is 27.7 Å². The van der Waals surface area contributed by atoms with Gasteiger partial charge in [-0.25, -0.2) is 24.9 Å². The largest absolute Gasteiger partial charge is 0.379 e. The summed E-state index contributed by atoms with van der Waals surface area (Å²) >= 11 is 0. The lowest BCUT2D eigenvalue weighted by Crippen LogP contribution is -2.58. The van der Waals surface area contributed by atoms with Crippen molar-refractivity contribution in [1.29, 1.82) is 0 Å². The Labute approximate surface area is 225 Å². The smallest absolute Gasteiger partial charge is 0.245 e. The molecule has 17 heteroatoms. The van der Waals surface area contributed by atoms with Crippen LogP contribution in [0.2, 0.25) is 0 Å². The van der Waals surface area contributed by atoms with Crippen LogP contribution in [0.25, 0.3) is 0 Å². The van der Waals surface area contributed by atoms with E-state index in [2.05, 4.69) is 4.72 Å². The molecule has 1 aromatic rings. The van der Waals surface area contributed by atoms with Gasteiger partial charge in [0.1, 0.15) is 5.54 Å². The van der Waals surface area contributed by atoms with Crippen LogP contribution in [0.15, 0.2) is 29.2 Å². The van der Waals surface area contributed by atoms with E-state index in [1.165, 1.54) is 28.6 Å². The van der Waals surface area contributed by atoms with Gasteiger partial charge in [0, 0.05) is 0 Å². The minimum atomic E-state index is -4.14. The van der Waals surface area contributed by atoms with Crippen molar-refractivity contribution in [2.24, 2.45) is 0 Å². The molecule has 222 valence electrons. The van der Waals surface area contributed by atoms with E-state index in [0.717, 1.165) is 5.56 Å². The highest BCUT2D eigenvalue weighted by Crippen LogP contribution is 2.17. The van der Waals surface area contributed by atoms with Gasteiger partial charge in [-0.1, -0.05) is 17.7 Å². The van der Waals surface area contributed by atoms with Crippen molar-refractivity contribution in [3.05, 3.63) is 29.8 Å². The fourth-order valence-corrected chi connectivity index (χ4v) is 4.32. The number of hydrogen-bond donors (Lipinski definition) is 7. The first-order chi connectivity index (χ1) is 18.6. The monoisotopic (exact) mass is 580 g/mol.